The lowest BCUT2D eigenvalue weighted by Gasteiger charge is -2.36. The molecule has 202 valence electrons. The van der Waals surface area contributed by atoms with Crippen molar-refractivity contribution in [3.05, 3.63) is 29.5 Å². The van der Waals surface area contributed by atoms with E-state index in [-0.39, 0.29) is 18.8 Å². The van der Waals surface area contributed by atoms with Gasteiger partial charge in [-0.3, -0.25) is 9.80 Å². The molecule has 0 radical (unpaired) electrons. The predicted octanol–water partition coefficient (Wildman–Crippen LogP) is 3.27. The second-order valence-electron chi connectivity index (χ2n) is 9.36. The zero-order valence-electron chi connectivity index (χ0n) is 21.6. The molecule has 2 aliphatic heterocycles. The Morgan fingerprint density at radius 2 is 1.89 bits per heavy atom. The number of hydrogen-bond donors (Lipinski definition) is 2. The summed E-state index contributed by atoms with van der Waals surface area (Å²) in [7, 11) is 3.35. The van der Waals surface area contributed by atoms with E-state index in [1.807, 2.05) is 0 Å². The Morgan fingerprint density at radius 3 is 2.59 bits per heavy atom. The molecule has 1 fully saturated rings. The van der Waals surface area contributed by atoms with Crippen LogP contribution in [0.2, 0.25) is 0 Å². The molecule has 0 atom stereocenters. The van der Waals surface area contributed by atoms with Crippen LogP contribution in [0.5, 0.6) is 11.5 Å². The monoisotopic (exact) mass is 519 g/mol. The van der Waals surface area contributed by atoms with Crippen molar-refractivity contribution in [1.29, 1.82) is 0 Å². The average Bonchev–Trinajstić information content (AvgIpc) is 2.89. The van der Waals surface area contributed by atoms with E-state index in [2.05, 4.69) is 32.1 Å². The third kappa shape index (κ3) is 5.85. The number of nitrogens with one attached hydrogen (secondary N) is 1. The van der Waals surface area contributed by atoms with Crippen LogP contribution in [0.25, 0.3) is 0 Å². The van der Waals surface area contributed by atoms with Crippen LogP contribution in [0.3, 0.4) is 0 Å². The van der Waals surface area contributed by atoms with Crippen LogP contribution in [0.15, 0.2) is 12.3 Å². The molecule has 0 spiro atoms. The van der Waals surface area contributed by atoms with E-state index in [0.29, 0.717) is 23.9 Å². The standard InChI is InChI=1S/C25H35F2N7O3/c1-4-33-23-17(16-34(25(33)36)22-20(26)18(35)14-19(37-3)21(22)27)15-29-24(30-23)28-8-6-5-7-9-32-12-10-31(2)11-13-32/h14-15,35H,4-13,16H2,1-3H3,(H,28,29,30). The van der Waals surface area contributed by atoms with Gasteiger partial charge < -0.3 is 25.0 Å². The molecule has 37 heavy (non-hydrogen) atoms. The third-order valence-electron chi connectivity index (χ3n) is 6.85. The second kappa shape index (κ2) is 11.9. The minimum absolute atomic E-state index is 0.155. The van der Waals surface area contributed by atoms with Gasteiger partial charge in [-0.2, -0.15) is 4.98 Å². The lowest BCUT2D eigenvalue weighted by molar-refractivity contribution is 0.152. The zero-order valence-corrected chi connectivity index (χ0v) is 21.6. The highest BCUT2D eigenvalue weighted by Crippen LogP contribution is 2.40. The van der Waals surface area contributed by atoms with Gasteiger partial charge in [0.15, 0.2) is 23.1 Å². The minimum Gasteiger partial charge on any atom is -0.505 e. The van der Waals surface area contributed by atoms with E-state index < -0.39 is 29.1 Å². The molecule has 0 saturated carbocycles. The number of halogens is 2. The van der Waals surface area contributed by atoms with E-state index in [4.69, 9.17) is 4.74 Å². The summed E-state index contributed by atoms with van der Waals surface area (Å²) in [4.78, 5) is 29.2. The minimum atomic E-state index is -1.24. The molecule has 0 unspecified atom stereocenters. The number of methoxy groups -OCH3 is 1. The average molecular weight is 520 g/mol. The molecular formula is C25H35F2N7O3. The highest BCUT2D eigenvalue weighted by Gasteiger charge is 2.36. The number of piperazine rings is 1. The number of phenolic OH excluding ortho intramolecular Hbond substituents is 1. The predicted molar refractivity (Wildman–Crippen MR) is 137 cm³/mol. The van der Waals surface area contributed by atoms with Gasteiger partial charge in [-0.1, -0.05) is 6.42 Å². The fourth-order valence-electron chi connectivity index (χ4n) is 4.64. The van der Waals surface area contributed by atoms with Crippen LogP contribution in [-0.2, 0) is 6.54 Å². The van der Waals surface area contributed by atoms with E-state index in [1.165, 1.54) is 12.0 Å². The van der Waals surface area contributed by atoms with Gasteiger partial charge in [0.25, 0.3) is 0 Å². The summed E-state index contributed by atoms with van der Waals surface area (Å²) >= 11 is 0. The molecule has 1 aromatic carbocycles. The van der Waals surface area contributed by atoms with Gasteiger partial charge in [0, 0.05) is 57.1 Å². The summed E-state index contributed by atoms with van der Waals surface area (Å²) in [5.74, 6) is -2.70. The number of amides is 2. The van der Waals surface area contributed by atoms with E-state index in [1.54, 1.807) is 13.1 Å². The van der Waals surface area contributed by atoms with E-state index in [0.717, 1.165) is 63.0 Å². The first kappa shape index (κ1) is 26.8. The summed E-state index contributed by atoms with van der Waals surface area (Å²) in [5, 5.41) is 13.1. The van der Waals surface area contributed by atoms with Crippen molar-refractivity contribution in [2.24, 2.45) is 0 Å². The number of hydrogen-bond acceptors (Lipinski definition) is 8. The molecule has 10 nitrogen and oxygen atoms in total. The lowest BCUT2D eigenvalue weighted by Crippen LogP contribution is -2.48. The first-order valence-corrected chi connectivity index (χ1v) is 12.7. The Kier molecular flexibility index (Phi) is 8.59. The van der Waals surface area contributed by atoms with Crippen molar-refractivity contribution in [2.45, 2.75) is 32.7 Å². The maximum Gasteiger partial charge on any atom is 0.330 e. The Morgan fingerprint density at radius 1 is 1.14 bits per heavy atom. The summed E-state index contributed by atoms with van der Waals surface area (Å²) < 4.78 is 34.6. The number of anilines is 3. The van der Waals surface area contributed by atoms with Crippen LogP contribution in [0.1, 0.15) is 31.7 Å². The van der Waals surface area contributed by atoms with Crippen molar-refractivity contribution >= 4 is 23.5 Å². The molecule has 4 rings (SSSR count). The van der Waals surface area contributed by atoms with Crippen LogP contribution in [-0.4, -0.2) is 90.9 Å². The molecule has 0 bridgehead atoms. The molecule has 2 aliphatic rings. The molecule has 0 aliphatic carbocycles. The van der Waals surface area contributed by atoms with Crippen molar-refractivity contribution in [1.82, 2.24) is 19.8 Å². The van der Waals surface area contributed by atoms with Crippen LogP contribution < -0.4 is 19.9 Å². The first-order chi connectivity index (χ1) is 17.8. The summed E-state index contributed by atoms with van der Waals surface area (Å²) in [6, 6.07) is 0.177. The highest BCUT2D eigenvalue weighted by atomic mass is 19.1. The number of fused-ring (bicyclic) bond motifs is 1. The van der Waals surface area contributed by atoms with Gasteiger partial charge in [0.2, 0.25) is 5.95 Å². The number of phenols is 1. The van der Waals surface area contributed by atoms with Crippen molar-refractivity contribution < 1.29 is 23.4 Å². The number of benzene rings is 1. The molecule has 2 amide bonds. The Bertz CT molecular complexity index is 1110. The highest BCUT2D eigenvalue weighted by molar-refractivity contribution is 6.05. The molecule has 2 N–H and O–H groups in total. The molecule has 2 aromatic rings. The van der Waals surface area contributed by atoms with Crippen LogP contribution in [0, 0.1) is 11.6 Å². The topological polar surface area (TPSA) is 97.3 Å². The van der Waals surface area contributed by atoms with Gasteiger partial charge in [-0.05, 0) is 33.4 Å². The van der Waals surface area contributed by atoms with E-state index in [9.17, 15) is 18.7 Å². The largest absolute Gasteiger partial charge is 0.505 e. The molecule has 1 aromatic heterocycles. The van der Waals surface area contributed by atoms with Crippen LogP contribution in [0.4, 0.5) is 31.0 Å². The number of carbonyl (C=O) groups is 1. The van der Waals surface area contributed by atoms with Crippen molar-refractivity contribution in [3.8, 4) is 11.5 Å². The number of nitrogens with zero attached hydrogens (tertiary/aromatic N) is 6. The Labute approximate surface area is 215 Å². The number of ether oxygens (including phenoxy) is 1. The fraction of sp³-hybridized carbons (Fsp3) is 0.560. The number of carbonyl (C=O) groups excluding carboxylic acids is 1. The van der Waals surface area contributed by atoms with Gasteiger partial charge >= 0.3 is 6.03 Å². The molecular weight excluding hydrogens is 484 g/mol. The Hall–Kier alpha value is -3.25. The van der Waals surface area contributed by atoms with Gasteiger partial charge in [-0.25, -0.2) is 18.6 Å². The third-order valence-corrected chi connectivity index (χ3v) is 6.85. The number of aromatic hydroxyl groups is 1. The quantitative estimate of drug-likeness (QED) is 0.462. The zero-order chi connectivity index (χ0) is 26.5. The smallest absolute Gasteiger partial charge is 0.330 e. The number of likely N-dealkylation sites (N-methyl/N-ethyl adjacent to an activating group) is 1. The van der Waals surface area contributed by atoms with Crippen molar-refractivity contribution in [2.75, 3.05) is 75.1 Å². The van der Waals surface area contributed by atoms with Crippen LogP contribution >= 0.6 is 0 Å². The number of aromatic nitrogens is 2. The van der Waals surface area contributed by atoms with Gasteiger partial charge in [0.1, 0.15) is 11.5 Å². The van der Waals surface area contributed by atoms with Gasteiger partial charge in [-0.15, -0.1) is 0 Å². The SMILES string of the molecule is CCN1C(=O)N(c2c(F)c(O)cc(OC)c2F)Cc2cnc(NCCCCCN3CCN(C)CC3)nc21. The fourth-order valence-corrected chi connectivity index (χ4v) is 4.64. The normalized spacial score (nSPS) is 16.7. The first-order valence-electron chi connectivity index (χ1n) is 12.7. The summed E-state index contributed by atoms with van der Waals surface area (Å²) in [6.07, 6.45) is 4.74. The number of urea groups is 1. The second-order valence-corrected chi connectivity index (χ2v) is 9.36. The lowest BCUT2D eigenvalue weighted by atomic mass is 10.1. The summed E-state index contributed by atoms with van der Waals surface area (Å²) in [6.45, 7) is 8.13. The van der Waals surface area contributed by atoms with Crippen molar-refractivity contribution in [3.63, 3.8) is 0 Å². The maximum absolute atomic E-state index is 15.0. The van der Waals surface area contributed by atoms with E-state index >= 15 is 0 Å². The number of rotatable bonds is 10. The molecule has 12 heteroatoms. The Balaban J connectivity index is 1.39. The molecule has 1 saturated heterocycles. The maximum atomic E-state index is 15.0. The number of unbranched alkanes of at least 4 members (excludes halogenated alkanes) is 2. The summed E-state index contributed by atoms with van der Waals surface area (Å²) in [5.41, 5.74) is -0.148. The molecule has 3 heterocycles. The van der Waals surface area contributed by atoms with Gasteiger partial charge in [0.05, 0.1) is 13.7 Å².